The third kappa shape index (κ3) is 7.83. The van der Waals surface area contributed by atoms with Crippen LogP contribution in [-0.2, 0) is 19.1 Å². The van der Waals surface area contributed by atoms with E-state index in [2.05, 4.69) is 18.8 Å². The Hall–Kier alpha value is -1.83. The van der Waals surface area contributed by atoms with Gasteiger partial charge >= 0.3 is 5.97 Å². The van der Waals surface area contributed by atoms with E-state index in [4.69, 9.17) is 9.47 Å². The number of aliphatic hydroxyl groups is 1. The van der Waals surface area contributed by atoms with Gasteiger partial charge in [0.2, 0.25) is 0 Å². The molecule has 7 heteroatoms. The van der Waals surface area contributed by atoms with Crippen molar-refractivity contribution in [1.29, 1.82) is 0 Å². The zero-order valence-electron chi connectivity index (χ0n) is 23.5. The Morgan fingerprint density at radius 2 is 1.89 bits per heavy atom. The number of rotatable bonds is 3. The van der Waals surface area contributed by atoms with E-state index in [1.54, 1.807) is 18.4 Å². The van der Waals surface area contributed by atoms with Crippen LogP contribution < -0.4 is 0 Å². The van der Waals surface area contributed by atoms with Gasteiger partial charge in [0.25, 0.3) is 0 Å². The van der Waals surface area contributed by atoms with Crippen LogP contribution >= 0.6 is 11.3 Å². The van der Waals surface area contributed by atoms with Crippen molar-refractivity contribution in [3.8, 4) is 0 Å². The molecule has 0 radical (unpaired) electrons. The van der Waals surface area contributed by atoms with Gasteiger partial charge in [0.15, 0.2) is 0 Å². The molecule has 0 saturated heterocycles. The van der Waals surface area contributed by atoms with Crippen LogP contribution in [0.2, 0.25) is 0 Å². The van der Waals surface area contributed by atoms with Crippen LogP contribution in [0.1, 0.15) is 84.9 Å². The standard InChI is InChI=1S/C29H45NO5S/c1-17-10-12-24(31)18(2)11-13-25(19(3)14-23-16-36-22(6)30-23)35-27(32)15-26(34-9)29(7,8)28(33)21(5)20(17)4/h11,14,16-17,20-21,24-26,31H,10,12-13,15H2,1-9H3/b18-11-,19-14+/t17-,20-,21+,24?,25-,26-/m0/s1. The highest BCUT2D eigenvalue weighted by Crippen LogP contribution is 2.36. The molecule has 1 aliphatic heterocycles. The number of hydrogen-bond acceptors (Lipinski definition) is 7. The van der Waals surface area contributed by atoms with E-state index in [-0.39, 0.29) is 30.0 Å². The molecule has 0 aliphatic carbocycles. The van der Waals surface area contributed by atoms with Crippen molar-refractivity contribution in [1.82, 2.24) is 4.98 Å². The molecule has 0 aromatic carbocycles. The lowest BCUT2D eigenvalue weighted by Crippen LogP contribution is -2.44. The molecule has 0 bridgehead atoms. The Kier molecular flexibility index (Phi) is 11.1. The van der Waals surface area contributed by atoms with Crippen molar-refractivity contribution in [3.63, 3.8) is 0 Å². The van der Waals surface area contributed by atoms with E-state index in [9.17, 15) is 14.7 Å². The highest BCUT2D eigenvalue weighted by Gasteiger charge is 2.42. The number of nitrogens with zero attached hydrogens (tertiary/aromatic N) is 1. The van der Waals surface area contributed by atoms with Crippen LogP contribution in [0.3, 0.4) is 0 Å². The van der Waals surface area contributed by atoms with Gasteiger partial charge in [-0.25, -0.2) is 4.98 Å². The van der Waals surface area contributed by atoms with E-state index < -0.39 is 29.7 Å². The molecule has 36 heavy (non-hydrogen) atoms. The molecule has 6 atom stereocenters. The van der Waals surface area contributed by atoms with E-state index in [1.807, 2.05) is 59.1 Å². The number of aryl methyl sites for hydroxylation is 1. The second kappa shape index (κ2) is 13.1. The number of carbonyl (C=O) groups is 2. The number of aromatic nitrogens is 1. The molecular weight excluding hydrogens is 474 g/mol. The quantitative estimate of drug-likeness (QED) is 0.380. The first-order valence-corrected chi connectivity index (χ1v) is 13.9. The van der Waals surface area contributed by atoms with Gasteiger partial charge in [0, 0.05) is 24.8 Å². The second-order valence-electron chi connectivity index (χ2n) is 11.1. The fourth-order valence-corrected chi connectivity index (χ4v) is 5.48. The Labute approximate surface area is 221 Å². The van der Waals surface area contributed by atoms with Crippen LogP contribution in [0.5, 0.6) is 0 Å². The summed E-state index contributed by atoms with van der Waals surface area (Å²) in [6.45, 7) is 15.7. The first kappa shape index (κ1) is 30.4. The van der Waals surface area contributed by atoms with Crippen LogP contribution in [0, 0.1) is 30.1 Å². The SMILES string of the molecule is CO[C@H]1CC(=O)O[C@H](/C(C)=C/c2csc(C)n2)C/C=C(/C)C(O)CC[C@H](C)[C@H](C)[C@@H](C)C(=O)C1(C)C. The zero-order valence-corrected chi connectivity index (χ0v) is 24.3. The summed E-state index contributed by atoms with van der Waals surface area (Å²) in [5, 5.41) is 13.7. The molecule has 202 valence electrons. The molecule has 1 aromatic rings. The Balaban J connectivity index is 2.42. The number of Topliss-reactive ketones (excluding diaryl/α,β-unsaturated/α-hetero) is 1. The summed E-state index contributed by atoms with van der Waals surface area (Å²) in [6, 6.07) is 0. The molecule has 2 rings (SSSR count). The van der Waals surface area contributed by atoms with Crippen molar-refractivity contribution in [3.05, 3.63) is 33.3 Å². The number of carbonyl (C=O) groups excluding carboxylic acids is 2. The maximum atomic E-state index is 13.6. The number of esters is 1. The molecular formula is C29H45NO5S. The fraction of sp³-hybridized carbons (Fsp3) is 0.690. The van der Waals surface area contributed by atoms with E-state index in [1.165, 1.54) is 0 Å². The van der Waals surface area contributed by atoms with Gasteiger partial charge in [0.1, 0.15) is 11.9 Å². The first-order chi connectivity index (χ1) is 16.8. The average Bonchev–Trinajstić information content (AvgIpc) is 3.24. The van der Waals surface area contributed by atoms with Crippen LogP contribution in [0.4, 0.5) is 0 Å². The lowest BCUT2D eigenvalue weighted by molar-refractivity contribution is -0.155. The third-order valence-corrected chi connectivity index (χ3v) is 8.84. The highest BCUT2D eigenvalue weighted by atomic mass is 32.1. The lowest BCUT2D eigenvalue weighted by atomic mass is 9.70. The summed E-state index contributed by atoms with van der Waals surface area (Å²) < 4.78 is 11.6. The predicted octanol–water partition coefficient (Wildman–Crippen LogP) is 6.17. The molecule has 1 aliphatic rings. The van der Waals surface area contributed by atoms with Crippen molar-refractivity contribution >= 4 is 29.2 Å². The summed E-state index contributed by atoms with van der Waals surface area (Å²) in [6.07, 6.45) is 4.09. The van der Waals surface area contributed by atoms with Gasteiger partial charge < -0.3 is 14.6 Å². The molecule has 0 saturated carbocycles. The minimum Gasteiger partial charge on any atom is -0.457 e. The maximum Gasteiger partial charge on any atom is 0.309 e. The van der Waals surface area contributed by atoms with Gasteiger partial charge in [-0.2, -0.15) is 0 Å². The number of thiazole rings is 1. The molecule has 0 fully saturated rings. The summed E-state index contributed by atoms with van der Waals surface area (Å²) >= 11 is 1.57. The summed E-state index contributed by atoms with van der Waals surface area (Å²) in [7, 11) is 1.54. The van der Waals surface area contributed by atoms with Gasteiger partial charge in [-0.1, -0.05) is 40.7 Å². The van der Waals surface area contributed by atoms with Crippen LogP contribution in [0.25, 0.3) is 6.08 Å². The molecule has 1 unspecified atom stereocenters. The van der Waals surface area contributed by atoms with E-state index in [0.717, 1.165) is 28.3 Å². The average molecular weight is 520 g/mol. The zero-order chi connectivity index (χ0) is 27.2. The topological polar surface area (TPSA) is 85.7 Å². The van der Waals surface area contributed by atoms with E-state index in [0.29, 0.717) is 12.8 Å². The number of methoxy groups -OCH3 is 1. The second-order valence-corrected chi connectivity index (χ2v) is 12.1. The summed E-state index contributed by atoms with van der Waals surface area (Å²) in [5.41, 5.74) is 1.71. The van der Waals surface area contributed by atoms with Crippen molar-refractivity contribution < 1.29 is 24.2 Å². The molecule has 0 spiro atoms. The number of aliphatic hydroxyl groups excluding tert-OH is 1. The number of cyclic esters (lactones) is 1. The molecule has 1 aromatic heterocycles. The van der Waals surface area contributed by atoms with Crippen molar-refractivity contribution in [2.45, 2.75) is 99.4 Å². The number of ether oxygens (including phenoxy) is 2. The minimum atomic E-state index is -0.854. The summed E-state index contributed by atoms with van der Waals surface area (Å²) in [5.74, 6) is -0.137. The van der Waals surface area contributed by atoms with Gasteiger partial charge in [-0.15, -0.1) is 11.3 Å². The van der Waals surface area contributed by atoms with Gasteiger partial charge in [-0.3, -0.25) is 9.59 Å². The monoisotopic (exact) mass is 519 g/mol. The number of hydrogen-bond donors (Lipinski definition) is 1. The Morgan fingerprint density at radius 3 is 2.47 bits per heavy atom. The Morgan fingerprint density at radius 1 is 1.22 bits per heavy atom. The normalized spacial score (nSPS) is 33.1. The molecule has 2 heterocycles. The van der Waals surface area contributed by atoms with Gasteiger partial charge in [-0.05, 0) is 62.7 Å². The van der Waals surface area contributed by atoms with E-state index >= 15 is 0 Å². The number of ketones is 1. The van der Waals surface area contributed by atoms with Crippen LogP contribution in [-0.4, -0.2) is 47.3 Å². The smallest absolute Gasteiger partial charge is 0.309 e. The molecule has 6 nitrogen and oxygen atoms in total. The first-order valence-electron chi connectivity index (χ1n) is 13.0. The molecule has 0 amide bonds. The van der Waals surface area contributed by atoms with Crippen molar-refractivity contribution in [2.24, 2.45) is 23.2 Å². The third-order valence-electron chi connectivity index (χ3n) is 8.05. The Bertz CT molecular complexity index is 963. The molecule has 1 N–H and O–H groups in total. The van der Waals surface area contributed by atoms with Gasteiger partial charge in [0.05, 0.1) is 34.7 Å². The highest BCUT2D eigenvalue weighted by molar-refractivity contribution is 7.09. The predicted molar refractivity (Wildman–Crippen MR) is 146 cm³/mol. The van der Waals surface area contributed by atoms with Crippen LogP contribution in [0.15, 0.2) is 22.6 Å². The lowest BCUT2D eigenvalue weighted by Gasteiger charge is -2.36. The largest absolute Gasteiger partial charge is 0.457 e. The summed E-state index contributed by atoms with van der Waals surface area (Å²) in [4.78, 5) is 31.2. The minimum absolute atomic E-state index is 0.0171. The fourth-order valence-electron chi connectivity index (χ4n) is 4.91. The maximum absolute atomic E-state index is 13.6. The van der Waals surface area contributed by atoms with Crippen molar-refractivity contribution in [2.75, 3.05) is 7.11 Å².